The van der Waals surface area contributed by atoms with Crippen LogP contribution in [-0.4, -0.2) is 39.1 Å². The Labute approximate surface area is 206 Å². The highest BCUT2D eigenvalue weighted by atomic mass is 16.2. The van der Waals surface area contributed by atoms with E-state index in [1.807, 2.05) is 105 Å². The first-order valence-corrected chi connectivity index (χ1v) is 11.9. The van der Waals surface area contributed by atoms with Gasteiger partial charge in [0.05, 0.1) is 11.4 Å². The molecule has 2 amide bonds. The number of hydrogen-bond acceptors (Lipinski definition) is 3. The second-order valence-electron chi connectivity index (χ2n) is 8.65. The summed E-state index contributed by atoms with van der Waals surface area (Å²) >= 11 is 0. The standard InChI is InChI=1S/C29H30N4O2/c1-4-22-15-17-24(18-16-22)29(35)32(21(2)3)20-28(34)30-27-19-26(23-11-7-5-8-12-23)31-33(27)25-13-9-6-10-14-25/h5-19,21H,4,20H2,1-3H3,(H,30,34). The van der Waals surface area contributed by atoms with E-state index in [4.69, 9.17) is 5.10 Å². The molecule has 0 aliphatic rings. The van der Waals surface area contributed by atoms with E-state index < -0.39 is 0 Å². The number of anilines is 1. The molecule has 4 rings (SSSR count). The van der Waals surface area contributed by atoms with E-state index in [-0.39, 0.29) is 24.4 Å². The summed E-state index contributed by atoms with van der Waals surface area (Å²) < 4.78 is 1.71. The zero-order valence-corrected chi connectivity index (χ0v) is 20.3. The summed E-state index contributed by atoms with van der Waals surface area (Å²) in [7, 11) is 0. The first-order valence-electron chi connectivity index (χ1n) is 11.9. The molecule has 0 atom stereocenters. The summed E-state index contributed by atoms with van der Waals surface area (Å²) in [6.07, 6.45) is 0.908. The molecule has 0 aliphatic heterocycles. The average Bonchev–Trinajstić information content (AvgIpc) is 3.31. The van der Waals surface area contributed by atoms with E-state index in [0.29, 0.717) is 11.4 Å². The molecule has 0 bridgehead atoms. The second kappa shape index (κ2) is 10.8. The Kier molecular flexibility index (Phi) is 7.41. The van der Waals surface area contributed by atoms with Crippen molar-refractivity contribution < 1.29 is 9.59 Å². The van der Waals surface area contributed by atoms with E-state index in [1.54, 1.807) is 9.58 Å². The van der Waals surface area contributed by atoms with Crippen LogP contribution >= 0.6 is 0 Å². The van der Waals surface area contributed by atoms with Gasteiger partial charge < -0.3 is 10.2 Å². The summed E-state index contributed by atoms with van der Waals surface area (Å²) in [6, 6.07) is 28.7. The Morgan fingerprint density at radius 3 is 2.14 bits per heavy atom. The van der Waals surface area contributed by atoms with Gasteiger partial charge in [0.25, 0.3) is 5.91 Å². The Morgan fingerprint density at radius 2 is 1.54 bits per heavy atom. The van der Waals surface area contributed by atoms with Gasteiger partial charge in [0.15, 0.2) is 0 Å². The summed E-state index contributed by atoms with van der Waals surface area (Å²) in [5.74, 6) is 0.0942. The number of para-hydroxylation sites is 1. The highest BCUT2D eigenvalue weighted by Gasteiger charge is 2.23. The quantitative estimate of drug-likeness (QED) is 0.368. The number of aromatic nitrogens is 2. The molecular weight excluding hydrogens is 436 g/mol. The highest BCUT2D eigenvalue weighted by Crippen LogP contribution is 2.25. The van der Waals surface area contributed by atoms with Crippen molar-refractivity contribution in [2.24, 2.45) is 0 Å². The lowest BCUT2D eigenvalue weighted by Crippen LogP contribution is -2.42. The van der Waals surface area contributed by atoms with E-state index in [1.165, 1.54) is 5.56 Å². The largest absolute Gasteiger partial charge is 0.327 e. The summed E-state index contributed by atoms with van der Waals surface area (Å²) in [5, 5.41) is 7.72. The molecule has 0 saturated heterocycles. The molecule has 6 nitrogen and oxygen atoms in total. The predicted molar refractivity (Wildman–Crippen MR) is 140 cm³/mol. The van der Waals surface area contributed by atoms with Gasteiger partial charge in [0, 0.05) is 23.2 Å². The number of benzene rings is 3. The van der Waals surface area contributed by atoms with Crippen molar-refractivity contribution in [3.63, 3.8) is 0 Å². The van der Waals surface area contributed by atoms with E-state index in [2.05, 4.69) is 12.2 Å². The minimum absolute atomic E-state index is 0.0628. The molecule has 1 aromatic heterocycles. The fourth-order valence-electron chi connectivity index (χ4n) is 3.86. The molecule has 6 heteroatoms. The van der Waals surface area contributed by atoms with E-state index >= 15 is 0 Å². The van der Waals surface area contributed by atoms with Gasteiger partial charge in [-0.2, -0.15) is 5.10 Å². The van der Waals surface area contributed by atoms with Gasteiger partial charge in [-0.25, -0.2) is 4.68 Å². The predicted octanol–water partition coefficient (Wildman–Crippen LogP) is 5.59. The third kappa shape index (κ3) is 5.66. The zero-order valence-electron chi connectivity index (χ0n) is 20.3. The van der Waals surface area contributed by atoms with Crippen LogP contribution in [0.15, 0.2) is 91.0 Å². The highest BCUT2D eigenvalue weighted by molar-refractivity contribution is 5.99. The fraction of sp³-hybridized carbons (Fsp3) is 0.207. The van der Waals surface area contributed by atoms with Crippen LogP contribution in [0.3, 0.4) is 0 Å². The van der Waals surface area contributed by atoms with Crippen molar-refractivity contribution in [2.75, 3.05) is 11.9 Å². The van der Waals surface area contributed by atoms with Crippen molar-refractivity contribution in [3.8, 4) is 16.9 Å². The zero-order chi connectivity index (χ0) is 24.8. The summed E-state index contributed by atoms with van der Waals surface area (Å²) in [6.45, 7) is 5.83. The SMILES string of the molecule is CCc1ccc(C(=O)N(CC(=O)Nc2cc(-c3ccccc3)nn2-c2ccccc2)C(C)C)cc1. The molecule has 1 N–H and O–H groups in total. The lowest BCUT2D eigenvalue weighted by atomic mass is 10.1. The number of amides is 2. The van der Waals surface area contributed by atoms with Crippen LogP contribution in [0.2, 0.25) is 0 Å². The van der Waals surface area contributed by atoms with Gasteiger partial charge in [-0.3, -0.25) is 9.59 Å². The monoisotopic (exact) mass is 466 g/mol. The Hall–Kier alpha value is -4.19. The van der Waals surface area contributed by atoms with Crippen molar-refractivity contribution in [1.29, 1.82) is 0 Å². The first kappa shape index (κ1) is 24.0. The normalized spacial score (nSPS) is 10.9. The number of rotatable bonds is 8. The van der Waals surface area contributed by atoms with Gasteiger partial charge >= 0.3 is 0 Å². The second-order valence-corrected chi connectivity index (χ2v) is 8.65. The van der Waals surface area contributed by atoms with E-state index in [0.717, 1.165) is 23.4 Å². The number of carbonyl (C=O) groups is 2. The van der Waals surface area contributed by atoms with Crippen LogP contribution in [0, 0.1) is 0 Å². The maximum absolute atomic E-state index is 13.2. The third-order valence-electron chi connectivity index (χ3n) is 5.85. The van der Waals surface area contributed by atoms with E-state index in [9.17, 15) is 9.59 Å². The third-order valence-corrected chi connectivity index (χ3v) is 5.85. The number of carbonyl (C=O) groups excluding carboxylic acids is 2. The minimum atomic E-state index is -0.283. The molecule has 0 radical (unpaired) electrons. The minimum Gasteiger partial charge on any atom is -0.327 e. The van der Waals surface area contributed by atoms with Crippen LogP contribution in [0.4, 0.5) is 5.82 Å². The number of nitrogens with one attached hydrogen (secondary N) is 1. The molecule has 3 aromatic carbocycles. The average molecular weight is 467 g/mol. The maximum atomic E-state index is 13.2. The Balaban J connectivity index is 1.58. The van der Waals surface area contributed by atoms with Gasteiger partial charge in [-0.05, 0) is 50.1 Å². The van der Waals surface area contributed by atoms with Crippen LogP contribution in [-0.2, 0) is 11.2 Å². The number of aryl methyl sites for hydroxylation is 1. The van der Waals surface area contributed by atoms with Gasteiger partial charge in [0.2, 0.25) is 5.91 Å². The first-order chi connectivity index (χ1) is 17.0. The van der Waals surface area contributed by atoms with Gasteiger partial charge in [0.1, 0.15) is 12.4 Å². The Morgan fingerprint density at radius 1 is 0.914 bits per heavy atom. The van der Waals surface area contributed by atoms with Crippen molar-refractivity contribution in [1.82, 2.24) is 14.7 Å². The summed E-state index contributed by atoms with van der Waals surface area (Å²) in [5.41, 5.74) is 4.27. The molecule has 4 aromatic rings. The van der Waals surface area contributed by atoms with Crippen molar-refractivity contribution in [3.05, 3.63) is 102 Å². The molecular formula is C29H30N4O2. The van der Waals surface area contributed by atoms with Crippen LogP contribution in [0.25, 0.3) is 16.9 Å². The lowest BCUT2D eigenvalue weighted by Gasteiger charge is -2.26. The molecule has 0 aliphatic carbocycles. The van der Waals surface area contributed by atoms with Crippen LogP contribution in [0.1, 0.15) is 36.7 Å². The molecule has 1 heterocycles. The van der Waals surface area contributed by atoms with Gasteiger partial charge in [-0.15, -0.1) is 0 Å². The molecule has 0 saturated carbocycles. The smallest absolute Gasteiger partial charge is 0.254 e. The maximum Gasteiger partial charge on any atom is 0.254 e. The lowest BCUT2D eigenvalue weighted by molar-refractivity contribution is -0.117. The van der Waals surface area contributed by atoms with Crippen LogP contribution < -0.4 is 5.32 Å². The van der Waals surface area contributed by atoms with Crippen molar-refractivity contribution >= 4 is 17.6 Å². The van der Waals surface area contributed by atoms with Crippen LogP contribution in [0.5, 0.6) is 0 Å². The Bertz CT molecular complexity index is 1280. The number of nitrogens with zero attached hydrogens (tertiary/aromatic N) is 3. The molecule has 35 heavy (non-hydrogen) atoms. The molecule has 0 unspecified atom stereocenters. The molecule has 178 valence electrons. The topological polar surface area (TPSA) is 67.2 Å². The number of hydrogen-bond donors (Lipinski definition) is 1. The van der Waals surface area contributed by atoms with Crippen molar-refractivity contribution in [2.45, 2.75) is 33.2 Å². The summed E-state index contributed by atoms with van der Waals surface area (Å²) in [4.78, 5) is 27.9. The molecule has 0 spiro atoms. The fourth-order valence-corrected chi connectivity index (χ4v) is 3.86. The van der Waals surface area contributed by atoms with Gasteiger partial charge in [-0.1, -0.05) is 67.6 Å². The molecule has 0 fully saturated rings.